The Bertz CT molecular complexity index is 1250. The molecule has 0 radical (unpaired) electrons. The zero-order chi connectivity index (χ0) is 23.1. The van der Waals surface area contributed by atoms with Gasteiger partial charge in [-0.3, -0.25) is 0 Å². The highest BCUT2D eigenvalue weighted by Gasteiger charge is 2.43. The number of nitrogens with zero attached hydrogens (tertiary/aromatic N) is 2. The van der Waals surface area contributed by atoms with E-state index in [4.69, 9.17) is 19.3 Å². The Labute approximate surface area is 191 Å². The largest absolute Gasteiger partial charge is 0.493 e. The summed E-state index contributed by atoms with van der Waals surface area (Å²) in [7, 11) is 2.91. The molecule has 0 amide bonds. The Hall–Kier alpha value is -4.00. The number of benzene rings is 3. The predicted octanol–water partition coefficient (Wildman–Crippen LogP) is 4.95. The van der Waals surface area contributed by atoms with E-state index in [0.717, 1.165) is 22.6 Å². The van der Waals surface area contributed by atoms with Crippen molar-refractivity contribution in [1.82, 2.24) is 5.01 Å². The van der Waals surface area contributed by atoms with E-state index in [9.17, 15) is 9.90 Å². The molecule has 0 spiro atoms. The van der Waals surface area contributed by atoms with Crippen molar-refractivity contribution >= 4 is 11.7 Å². The van der Waals surface area contributed by atoms with Crippen LogP contribution < -0.4 is 14.2 Å². The quantitative estimate of drug-likeness (QED) is 0.600. The molecule has 7 nitrogen and oxygen atoms in total. The minimum absolute atomic E-state index is 0.000956. The van der Waals surface area contributed by atoms with Crippen molar-refractivity contribution < 1.29 is 24.1 Å². The van der Waals surface area contributed by atoms with Gasteiger partial charge in [-0.1, -0.05) is 48.0 Å². The summed E-state index contributed by atoms with van der Waals surface area (Å²) in [5.41, 5.74) is 4.63. The molecule has 2 atom stereocenters. The molecule has 5 rings (SSSR count). The first-order chi connectivity index (χ1) is 16.0. The Kier molecular flexibility index (Phi) is 5.17. The number of para-hydroxylation sites is 1. The van der Waals surface area contributed by atoms with Gasteiger partial charge in [0.15, 0.2) is 11.5 Å². The summed E-state index contributed by atoms with van der Waals surface area (Å²) in [6.45, 7) is 2.05. The lowest BCUT2D eigenvalue weighted by Gasteiger charge is -2.38. The van der Waals surface area contributed by atoms with E-state index < -0.39 is 12.2 Å². The molecule has 0 unspecified atom stereocenters. The summed E-state index contributed by atoms with van der Waals surface area (Å²) in [6.07, 6.45) is -0.0472. The molecule has 2 aliphatic rings. The topological polar surface area (TPSA) is 80.6 Å². The molecule has 1 N–H and O–H groups in total. The molecule has 0 saturated heterocycles. The van der Waals surface area contributed by atoms with E-state index in [1.165, 1.54) is 19.8 Å². The Morgan fingerprint density at radius 3 is 2.48 bits per heavy atom. The second-order valence-electron chi connectivity index (χ2n) is 8.09. The third kappa shape index (κ3) is 3.46. The fourth-order valence-corrected chi connectivity index (χ4v) is 4.53. The smallest absolute Gasteiger partial charge is 0.340 e. The van der Waals surface area contributed by atoms with Crippen LogP contribution in [0.5, 0.6) is 17.2 Å². The summed E-state index contributed by atoms with van der Waals surface area (Å²) in [5, 5.41) is 16.9. The van der Waals surface area contributed by atoms with Crippen LogP contribution in [0.1, 0.15) is 51.3 Å². The highest BCUT2D eigenvalue weighted by Crippen LogP contribution is 2.49. The van der Waals surface area contributed by atoms with Crippen LogP contribution in [0.4, 0.5) is 0 Å². The lowest BCUT2D eigenvalue weighted by Crippen LogP contribution is -2.34. The van der Waals surface area contributed by atoms with Crippen molar-refractivity contribution in [3.63, 3.8) is 0 Å². The predicted molar refractivity (Wildman–Crippen MR) is 123 cm³/mol. The molecule has 0 saturated carbocycles. The number of methoxy groups -OCH3 is 2. The lowest BCUT2D eigenvalue weighted by molar-refractivity contribution is -0.0199. The number of carbonyl (C=O) groups is 1. The van der Waals surface area contributed by atoms with E-state index in [1.54, 1.807) is 12.1 Å². The normalized spacial score (nSPS) is 18.6. The first-order valence-corrected chi connectivity index (χ1v) is 10.7. The van der Waals surface area contributed by atoms with Gasteiger partial charge in [-0.05, 0) is 30.7 Å². The number of hydrazone groups is 1. The summed E-state index contributed by atoms with van der Waals surface area (Å²) in [4.78, 5) is 12.3. The van der Waals surface area contributed by atoms with Crippen LogP contribution >= 0.6 is 0 Å². The van der Waals surface area contributed by atoms with Crippen LogP contribution in [0.25, 0.3) is 0 Å². The van der Waals surface area contributed by atoms with Gasteiger partial charge in [0.1, 0.15) is 11.3 Å². The third-order valence-electron chi connectivity index (χ3n) is 6.14. The molecule has 0 bridgehead atoms. The number of aromatic carboxylic acids is 1. The van der Waals surface area contributed by atoms with Crippen LogP contribution in [0.3, 0.4) is 0 Å². The monoisotopic (exact) mass is 444 g/mol. The molecule has 2 aliphatic heterocycles. The van der Waals surface area contributed by atoms with Crippen LogP contribution in [0.15, 0.2) is 65.8 Å². The van der Waals surface area contributed by atoms with E-state index in [2.05, 4.69) is 24.3 Å². The second kappa shape index (κ2) is 8.16. The van der Waals surface area contributed by atoms with Crippen LogP contribution in [-0.2, 0) is 0 Å². The van der Waals surface area contributed by atoms with Gasteiger partial charge in [0.2, 0.25) is 6.23 Å². The van der Waals surface area contributed by atoms with Gasteiger partial charge in [0.05, 0.1) is 26.0 Å². The van der Waals surface area contributed by atoms with Gasteiger partial charge in [0.25, 0.3) is 0 Å². The first kappa shape index (κ1) is 20.9. The van der Waals surface area contributed by atoms with Gasteiger partial charge in [-0.15, -0.1) is 0 Å². The molecule has 7 heteroatoms. The summed E-state index contributed by atoms with van der Waals surface area (Å²) in [6, 6.07) is 19.4. The van der Waals surface area contributed by atoms with Crippen molar-refractivity contribution in [1.29, 1.82) is 0 Å². The van der Waals surface area contributed by atoms with E-state index in [1.807, 2.05) is 36.2 Å². The standard InChI is InChI=1S/C26H24N2O5/c1-15-8-10-16(11-9-15)19-14-20-17-6-4-5-7-21(17)33-25(28(20)27-19)18-12-13-22(31-2)24(32-3)23(18)26(29)30/h4-13,20,25H,14H2,1-3H3,(H,29,30)/t20-,25-/m1/s1. The molecule has 0 aromatic heterocycles. The van der Waals surface area contributed by atoms with E-state index in [-0.39, 0.29) is 17.4 Å². The molecule has 3 aromatic carbocycles. The van der Waals surface area contributed by atoms with E-state index >= 15 is 0 Å². The van der Waals surface area contributed by atoms with Crippen LogP contribution in [-0.4, -0.2) is 36.0 Å². The zero-order valence-corrected chi connectivity index (χ0v) is 18.6. The Morgan fingerprint density at radius 2 is 1.79 bits per heavy atom. The number of aryl methyl sites for hydroxylation is 1. The molecule has 2 heterocycles. The molecule has 3 aromatic rings. The van der Waals surface area contributed by atoms with Gasteiger partial charge < -0.3 is 19.3 Å². The molecule has 168 valence electrons. The maximum absolute atomic E-state index is 12.3. The molecule has 0 aliphatic carbocycles. The van der Waals surface area contributed by atoms with Crippen LogP contribution in [0.2, 0.25) is 0 Å². The SMILES string of the molecule is COc1ccc([C@H]2Oc3ccccc3[C@H]3CC(c4ccc(C)cc4)=NN32)c(C(=O)O)c1OC. The minimum Gasteiger partial charge on any atom is -0.493 e. The molecular weight excluding hydrogens is 420 g/mol. The number of carboxylic acid groups (broad SMARTS) is 1. The van der Waals surface area contributed by atoms with Crippen molar-refractivity contribution in [3.05, 3.63) is 88.5 Å². The van der Waals surface area contributed by atoms with Gasteiger partial charge in [-0.25, -0.2) is 9.80 Å². The third-order valence-corrected chi connectivity index (χ3v) is 6.14. The number of ether oxygens (including phenoxy) is 3. The van der Waals surface area contributed by atoms with Gasteiger partial charge in [0, 0.05) is 17.5 Å². The molecule has 0 fully saturated rings. The van der Waals surface area contributed by atoms with Crippen molar-refractivity contribution in [3.8, 4) is 17.2 Å². The summed E-state index contributed by atoms with van der Waals surface area (Å²) in [5.74, 6) is 0.0945. The maximum atomic E-state index is 12.3. The van der Waals surface area contributed by atoms with Crippen molar-refractivity contribution in [2.75, 3.05) is 14.2 Å². The van der Waals surface area contributed by atoms with Crippen molar-refractivity contribution in [2.24, 2.45) is 5.10 Å². The van der Waals surface area contributed by atoms with Gasteiger partial charge in [-0.2, -0.15) is 5.10 Å². The maximum Gasteiger partial charge on any atom is 0.340 e. The average Bonchev–Trinajstić information content (AvgIpc) is 3.28. The fraction of sp³-hybridized carbons (Fsp3) is 0.231. The molecule has 33 heavy (non-hydrogen) atoms. The molecular formula is C26H24N2O5. The highest BCUT2D eigenvalue weighted by molar-refractivity contribution is 6.02. The van der Waals surface area contributed by atoms with Gasteiger partial charge >= 0.3 is 5.97 Å². The summed E-state index contributed by atoms with van der Waals surface area (Å²) >= 11 is 0. The number of hydrogen-bond acceptors (Lipinski definition) is 6. The number of fused-ring (bicyclic) bond motifs is 3. The number of carboxylic acids is 1. The summed E-state index contributed by atoms with van der Waals surface area (Å²) < 4.78 is 17.1. The Morgan fingerprint density at radius 1 is 1.03 bits per heavy atom. The first-order valence-electron chi connectivity index (χ1n) is 10.7. The Balaban J connectivity index is 1.66. The lowest BCUT2D eigenvalue weighted by atomic mass is 9.94. The number of rotatable bonds is 5. The average molecular weight is 444 g/mol. The number of hydrogen-bond donors (Lipinski definition) is 1. The second-order valence-corrected chi connectivity index (χ2v) is 8.09. The van der Waals surface area contributed by atoms with E-state index in [0.29, 0.717) is 17.7 Å². The van der Waals surface area contributed by atoms with Crippen molar-refractivity contribution in [2.45, 2.75) is 25.6 Å². The zero-order valence-electron chi connectivity index (χ0n) is 18.6. The fourth-order valence-electron chi connectivity index (χ4n) is 4.53. The highest BCUT2D eigenvalue weighted by atomic mass is 16.5. The minimum atomic E-state index is -1.12. The van der Waals surface area contributed by atoms with Crippen LogP contribution in [0, 0.1) is 6.92 Å².